The Hall–Kier alpha value is -0.170. The Morgan fingerprint density at radius 1 is 1.11 bits per heavy atom. The van der Waals surface area contributed by atoms with Crippen molar-refractivity contribution in [1.82, 2.24) is 15.2 Å². The molecular formula is C12H25N3O2S. The van der Waals surface area contributed by atoms with Crippen LogP contribution in [0, 0.1) is 0 Å². The molecule has 0 aromatic heterocycles. The molecule has 2 fully saturated rings. The molecule has 0 aliphatic carbocycles. The van der Waals surface area contributed by atoms with E-state index in [1.807, 2.05) is 5.01 Å². The lowest BCUT2D eigenvalue weighted by molar-refractivity contribution is 0.0784. The summed E-state index contributed by atoms with van der Waals surface area (Å²) in [5.74, 6) is 0. The Bertz CT molecular complexity index is 356. The highest BCUT2D eigenvalue weighted by Crippen LogP contribution is 2.22. The summed E-state index contributed by atoms with van der Waals surface area (Å²) >= 11 is 0. The molecular weight excluding hydrogens is 250 g/mol. The van der Waals surface area contributed by atoms with Crippen LogP contribution in [0.5, 0.6) is 0 Å². The fourth-order valence-electron chi connectivity index (χ4n) is 2.91. The van der Waals surface area contributed by atoms with E-state index < -0.39 is 10.0 Å². The molecule has 3 atom stereocenters. The van der Waals surface area contributed by atoms with Crippen molar-refractivity contribution in [1.29, 1.82) is 0 Å². The van der Waals surface area contributed by atoms with Gasteiger partial charge in [-0.15, -0.1) is 4.83 Å². The van der Waals surface area contributed by atoms with Crippen LogP contribution in [0.15, 0.2) is 0 Å². The maximum absolute atomic E-state index is 12.4. The molecule has 0 radical (unpaired) electrons. The van der Waals surface area contributed by atoms with Gasteiger partial charge >= 0.3 is 0 Å². The summed E-state index contributed by atoms with van der Waals surface area (Å²) in [5.41, 5.74) is 0. The number of rotatable bonds is 3. The second-order valence-electron chi connectivity index (χ2n) is 5.64. The van der Waals surface area contributed by atoms with Crippen LogP contribution in [0.3, 0.4) is 0 Å². The molecule has 2 rings (SSSR count). The van der Waals surface area contributed by atoms with E-state index in [0.29, 0.717) is 18.6 Å². The van der Waals surface area contributed by atoms with Gasteiger partial charge in [0.05, 0.1) is 5.25 Å². The van der Waals surface area contributed by atoms with Crippen molar-refractivity contribution in [2.24, 2.45) is 0 Å². The zero-order chi connectivity index (χ0) is 13.2. The van der Waals surface area contributed by atoms with Gasteiger partial charge in [0.1, 0.15) is 0 Å². The first kappa shape index (κ1) is 14.2. The van der Waals surface area contributed by atoms with E-state index >= 15 is 0 Å². The molecule has 2 aliphatic rings. The molecule has 0 aromatic carbocycles. The number of nitrogens with one attached hydrogen (secondary N) is 2. The number of hydrazine groups is 1. The number of piperidine rings is 2. The normalized spacial score (nSPS) is 35.6. The van der Waals surface area contributed by atoms with E-state index in [-0.39, 0.29) is 5.25 Å². The van der Waals surface area contributed by atoms with Gasteiger partial charge in [0.2, 0.25) is 10.0 Å². The average molecular weight is 275 g/mol. The predicted octanol–water partition coefficient (Wildman–Crippen LogP) is 0.836. The minimum absolute atomic E-state index is 0.285. The third-order valence-corrected chi connectivity index (χ3v) is 5.86. The largest absolute Gasteiger partial charge is 0.315 e. The molecule has 2 heterocycles. The number of hydrogen-bond acceptors (Lipinski definition) is 4. The quantitative estimate of drug-likeness (QED) is 0.801. The SMILES string of the molecule is CC1CCCC(C)N1NS(=O)(=O)C1CCCNC1. The Labute approximate surface area is 110 Å². The van der Waals surface area contributed by atoms with Crippen molar-refractivity contribution >= 4 is 10.0 Å². The van der Waals surface area contributed by atoms with E-state index in [2.05, 4.69) is 24.0 Å². The van der Waals surface area contributed by atoms with Crippen LogP contribution in [0.1, 0.15) is 46.0 Å². The van der Waals surface area contributed by atoms with Crippen molar-refractivity contribution in [3.8, 4) is 0 Å². The van der Waals surface area contributed by atoms with E-state index in [9.17, 15) is 8.42 Å². The predicted molar refractivity (Wildman–Crippen MR) is 72.6 cm³/mol. The van der Waals surface area contributed by atoms with Gasteiger partial charge in [-0.2, -0.15) is 0 Å². The van der Waals surface area contributed by atoms with Crippen LogP contribution in [-0.4, -0.2) is 43.8 Å². The summed E-state index contributed by atoms with van der Waals surface area (Å²) in [6, 6.07) is 0.583. The van der Waals surface area contributed by atoms with Gasteiger partial charge in [-0.1, -0.05) is 6.42 Å². The standard InChI is InChI=1S/C12H25N3O2S/c1-10-5-3-6-11(2)15(10)14-18(16,17)12-7-4-8-13-9-12/h10-14H,3-9H2,1-2H3. The van der Waals surface area contributed by atoms with Gasteiger partial charge in [-0.25, -0.2) is 13.4 Å². The molecule has 2 N–H and O–H groups in total. The number of nitrogens with zero attached hydrogens (tertiary/aromatic N) is 1. The highest BCUT2D eigenvalue weighted by molar-refractivity contribution is 7.90. The summed E-state index contributed by atoms with van der Waals surface area (Å²) < 4.78 is 24.7. The van der Waals surface area contributed by atoms with Gasteiger partial charge in [-0.3, -0.25) is 0 Å². The van der Waals surface area contributed by atoms with Gasteiger partial charge in [0.25, 0.3) is 0 Å². The molecule has 0 spiro atoms. The lowest BCUT2D eigenvalue weighted by Crippen LogP contribution is -2.57. The Balaban J connectivity index is 2.01. The number of hydrogen-bond donors (Lipinski definition) is 2. The maximum Gasteiger partial charge on any atom is 0.228 e. The molecule has 18 heavy (non-hydrogen) atoms. The molecule has 2 saturated heterocycles. The third-order valence-electron chi connectivity index (χ3n) is 4.12. The van der Waals surface area contributed by atoms with Crippen molar-refractivity contribution in [3.05, 3.63) is 0 Å². The summed E-state index contributed by atoms with van der Waals surface area (Å²) in [6.07, 6.45) is 5.02. The summed E-state index contributed by atoms with van der Waals surface area (Å²) in [7, 11) is -3.24. The topological polar surface area (TPSA) is 61.4 Å². The van der Waals surface area contributed by atoms with Crippen LogP contribution >= 0.6 is 0 Å². The number of sulfonamides is 1. The van der Waals surface area contributed by atoms with Crippen LogP contribution in [0.2, 0.25) is 0 Å². The lowest BCUT2D eigenvalue weighted by Gasteiger charge is -2.39. The second-order valence-corrected chi connectivity index (χ2v) is 7.58. The molecule has 0 amide bonds. The van der Waals surface area contributed by atoms with Crippen molar-refractivity contribution < 1.29 is 8.42 Å². The fraction of sp³-hybridized carbons (Fsp3) is 1.00. The Kier molecular flexibility index (Phi) is 4.64. The molecule has 3 unspecified atom stereocenters. The van der Waals surface area contributed by atoms with E-state index in [0.717, 1.165) is 32.2 Å². The van der Waals surface area contributed by atoms with E-state index in [1.54, 1.807) is 0 Å². The minimum Gasteiger partial charge on any atom is -0.315 e. The third kappa shape index (κ3) is 3.23. The van der Waals surface area contributed by atoms with Crippen LogP contribution in [0.25, 0.3) is 0 Å². The maximum atomic E-state index is 12.4. The van der Waals surface area contributed by atoms with Crippen molar-refractivity contribution in [2.45, 2.75) is 63.3 Å². The van der Waals surface area contributed by atoms with Gasteiger partial charge < -0.3 is 5.32 Å². The fourth-order valence-corrected chi connectivity index (χ4v) is 4.52. The summed E-state index contributed by atoms with van der Waals surface area (Å²) in [5, 5.41) is 4.82. The first-order valence-electron chi connectivity index (χ1n) is 7.01. The van der Waals surface area contributed by atoms with Crippen LogP contribution in [0.4, 0.5) is 0 Å². The second kappa shape index (κ2) is 5.86. The van der Waals surface area contributed by atoms with Crippen LogP contribution in [-0.2, 0) is 10.0 Å². The molecule has 5 nitrogen and oxygen atoms in total. The van der Waals surface area contributed by atoms with E-state index in [4.69, 9.17) is 0 Å². The zero-order valence-corrected chi connectivity index (χ0v) is 12.2. The first-order valence-corrected chi connectivity index (χ1v) is 8.55. The molecule has 0 saturated carbocycles. The first-order chi connectivity index (χ1) is 8.50. The summed E-state index contributed by atoms with van der Waals surface area (Å²) in [4.78, 5) is 2.83. The monoisotopic (exact) mass is 275 g/mol. The molecule has 6 heteroatoms. The van der Waals surface area contributed by atoms with Gasteiger partial charge in [0.15, 0.2) is 0 Å². The minimum atomic E-state index is -3.24. The van der Waals surface area contributed by atoms with Crippen LogP contribution < -0.4 is 10.1 Å². The van der Waals surface area contributed by atoms with Gasteiger partial charge in [0, 0.05) is 18.6 Å². The molecule has 0 bridgehead atoms. The zero-order valence-electron chi connectivity index (χ0n) is 11.4. The van der Waals surface area contributed by atoms with E-state index in [1.165, 1.54) is 6.42 Å². The molecule has 106 valence electrons. The molecule has 0 aromatic rings. The lowest BCUT2D eigenvalue weighted by atomic mass is 10.0. The average Bonchev–Trinajstić information content (AvgIpc) is 2.35. The highest BCUT2D eigenvalue weighted by atomic mass is 32.2. The molecule has 2 aliphatic heterocycles. The summed E-state index contributed by atoms with van der Waals surface area (Å²) in [6.45, 7) is 5.70. The smallest absolute Gasteiger partial charge is 0.228 e. The van der Waals surface area contributed by atoms with Crippen molar-refractivity contribution in [3.63, 3.8) is 0 Å². The van der Waals surface area contributed by atoms with Crippen molar-refractivity contribution in [2.75, 3.05) is 13.1 Å². The Morgan fingerprint density at radius 2 is 1.78 bits per heavy atom. The Morgan fingerprint density at radius 3 is 2.33 bits per heavy atom. The van der Waals surface area contributed by atoms with Gasteiger partial charge in [-0.05, 0) is 46.1 Å². The highest BCUT2D eigenvalue weighted by Gasteiger charge is 2.33.